The quantitative estimate of drug-likeness (QED) is 0.674. The van der Waals surface area contributed by atoms with Gasteiger partial charge >= 0.3 is 0 Å². The number of aromatic nitrogens is 2. The first-order valence-electron chi connectivity index (χ1n) is 9.76. The molecule has 0 saturated carbocycles. The topological polar surface area (TPSA) is 93.1 Å². The number of hydrogen-bond acceptors (Lipinski definition) is 7. The van der Waals surface area contributed by atoms with Crippen molar-refractivity contribution in [1.29, 1.82) is 0 Å². The second-order valence-electron chi connectivity index (χ2n) is 7.14. The Kier molecular flexibility index (Phi) is 4.87. The first-order chi connectivity index (χ1) is 15.1. The van der Waals surface area contributed by atoms with Crippen LogP contribution >= 0.6 is 0 Å². The SMILES string of the molecule is COc1ccc(OC)c(NC(=O)c2cc3n(n2)CC(c2ccc4c(c2)OCO4)OC3)c1. The van der Waals surface area contributed by atoms with Crippen LogP contribution in [0.2, 0.25) is 0 Å². The summed E-state index contributed by atoms with van der Waals surface area (Å²) in [6.07, 6.45) is -0.198. The number of hydrogen-bond donors (Lipinski definition) is 1. The van der Waals surface area contributed by atoms with E-state index in [0.29, 0.717) is 41.8 Å². The number of benzene rings is 2. The fourth-order valence-electron chi connectivity index (χ4n) is 3.65. The van der Waals surface area contributed by atoms with E-state index in [0.717, 1.165) is 17.0 Å². The molecular weight excluding hydrogens is 402 g/mol. The Morgan fingerprint density at radius 1 is 1.10 bits per heavy atom. The van der Waals surface area contributed by atoms with Crippen molar-refractivity contribution in [1.82, 2.24) is 9.78 Å². The molecule has 2 aliphatic rings. The zero-order valence-corrected chi connectivity index (χ0v) is 17.1. The summed E-state index contributed by atoms with van der Waals surface area (Å²) in [5.41, 5.74) is 2.61. The van der Waals surface area contributed by atoms with Crippen LogP contribution in [0.25, 0.3) is 0 Å². The Bertz CT molecular complexity index is 1140. The maximum atomic E-state index is 12.8. The van der Waals surface area contributed by atoms with E-state index in [-0.39, 0.29) is 18.8 Å². The van der Waals surface area contributed by atoms with Crippen LogP contribution in [-0.4, -0.2) is 36.7 Å². The fourth-order valence-corrected chi connectivity index (χ4v) is 3.65. The molecule has 2 aliphatic heterocycles. The standard InChI is InChI=1S/C22H21N3O6/c1-27-15-4-6-18(28-2)16(9-15)23-22(26)17-8-14-11-29-21(10-25(14)24-17)13-3-5-19-20(7-13)31-12-30-19/h3-9,21H,10-12H2,1-2H3,(H,23,26). The minimum atomic E-state index is -0.340. The van der Waals surface area contributed by atoms with E-state index < -0.39 is 0 Å². The number of methoxy groups -OCH3 is 2. The third kappa shape index (κ3) is 3.64. The minimum absolute atomic E-state index is 0.198. The number of amides is 1. The van der Waals surface area contributed by atoms with E-state index in [1.807, 2.05) is 18.2 Å². The second kappa shape index (κ2) is 7.84. The van der Waals surface area contributed by atoms with Crippen LogP contribution in [-0.2, 0) is 17.9 Å². The highest BCUT2D eigenvalue weighted by Crippen LogP contribution is 2.36. The molecule has 1 N–H and O–H groups in total. The van der Waals surface area contributed by atoms with Crippen molar-refractivity contribution in [2.24, 2.45) is 0 Å². The minimum Gasteiger partial charge on any atom is -0.497 e. The molecule has 0 spiro atoms. The van der Waals surface area contributed by atoms with Crippen LogP contribution in [0.4, 0.5) is 5.69 Å². The molecule has 0 fully saturated rings. The smallest absolute Gasteiger partial charge is 0.276 e. The molecule has 160 valence electrons. The van der Waals surface area contributed by atoms with Crippen LogP contribution in [0, 0.1) is 0 Å². The van der Waals surface area contributed by atoms with Crippen molar-refractivity contribution in [3.63, 3.8) is 0 Å². The van der Waals surface area contributed by atoms with Crippen LogP contribution in [0.5, 0.6) is 23.0 Å². The molecule has 3 aromatic rings. The Labute approximate surface area is 178 Å². The van der Waals surface area contributed by atoms with E-state index in [1.54, 1.807) is 43.2 Å². The highest BCUT2D eigenvalue weighted by Gasteiger charge is 2.26. The van der Waals surface area contributed by atoms with Crippen molar-refractivity contribution in [3.05, 3.63) is 59.4 Å². The summed E-state index contributed by atoms with van der Waals surface area (Å²) in [4.78, 5) is 12.8. The van der Waals surface area contributed by atoms with Gasteiger partial charge in [0.1, 0.15) is 17.6 Å². The van der Waals surface area contributed by atoms with Gasteiger partial charge in [-0.05, 0) is 35.9 Å². The molecule has 1 atom stereocenters. The molecule has 9 heteroatoms. The fraction of sp³-hybridized carbons (Fsp3) is 0.273. The molecule has 31 heavy (non-hydrogen) atoms. The number of anilines is 1. The van der Waals surface area contributed by atoms with E-state index in [9.17, 15) is 4.79 Å². The van der Waals surface area contributed by atoms with Gasteiger partial charge in [-0.2, -0.15) is 5.10 Å². The predicted octanol–water partition coefficient (Wildman–Crippen LogP) is 3.15. The Hall–Kier alpha value is -3.72. The number of rotatable bonds is 5. The molecule has 2 aromatic carbocycles. The number of nitrogens with zero attached hydrogens (tertiary/aromatic N) is 2. The Balaban J connectivity index is 1.33. The first kappa shape index (κ1) is 19.3. The lowest BCUT2D eigenvalue weighted by atomic mass is 10.1. The van der Waals surface area contributed by atoms with E-state index in [1.165, 1.54) is 0 Å². The number of nitrogens with one attached hydrogen (secondary N) is 1. The van der Waals surface area contributed by atoms with E-state index in [4.69, 9.17) is 23.7 Å². The van der Waals surface area contributed by atoms with Crippen molar-refractivity contribution in [2.75, 3.05) is 26.3 Å². The van der Waals surface area contributed by atoms with Crippen molar-refractivity contribution < 1.29 is 28.5 Å². The van der Waals surface area contributed by atoms with Crippen molar-refractivity contribution >= 4 is 11.6 Å². The van der Waals surface area contributed by atoms with Crippen LogP contribution < -0.4 is 24.3 Å². The molecule has 9 nitrogen and oxygen atoms in total. The van der Waals surface area contributed by atoms with Crippen molar-refractivity contribution in [3.8, 4) is 23.0 Å². The summed E-state index contributed by atoms with van der Waals surface area (Å²) in [6.45, 7) is 1.07. The third-order valence-electron chi connectivity index (χ3n) is 5.29. The largest absolute Gasteiger partial charge is 0.497 e. The van der Waals surface area contributed by atoms with Gasteiger partial charge in [0.2, 0.25) is 6.79 Å². The normalized spacial score (nSPS) is 16.5. The Morgan fingerprint density at radius 2 is 1.97 bits per heavy atom. The lowest BCUT2D eigenvalue weighted by molar-refractivity contribution is -0.00127. The number of fused-ring (bicyclic) bond motifs is 2. The number of carbonyl (C=O) groups is 1. The van der Waals surface area contributed by atoms with Gasteiger partial charge in [-0.3, -0.25) is 9.48 Å². The summed E-state index contributed by atoms with van der Waals surface area (Å²) in [5.74, 6) is 2.24. The molecular formula is C22H21N3O6. The van der Waals surface area contributed by atoms with Gasteiger partial charge in [-0.1, -0.05) is 6.07 Å². The molecule has 1 amide bonds. The third-order valence-corrected chi connectivity index (χ3v) is 5.29. The van der Waals surface area contributed by atoms with Gasteiger partial charge in [0.25, 0.3) is 5.91 Å². The second-order valence-corrected chi connectivity index (χ2v) is 7.14. The lowest BCUT2D eigenvalue weighted by Gasteiger charge is -2.24. The summed E-state index contributed by atoms with van der Waals surface area (Å²) >= 11 is 0. The molecule has 0 saturated heterocycles. The van der Waals surface area contributed by atoms with E-state index in [2.05, 4.69) is 10.4 Å². The summed E-state index contributed by atoms with van der Waals surface area (Å²) in [6, 6.07) is 12.7. The Morgan fingerprint density at radius 3 is 2.81 bits per heavy atom. The molecule has 1 unspecified atom stereocenters. The van der Waals surface area contributed by atoms with Crippen LogP contribution in [0.15, 0.2) is 42.5 Å². The van der Waals surface area contributed by atoms with Gasteiger partial charge in [-0.15, -0.1) is 0 Å². The molecule has 0 bridgehead atoms. The maximum Gasteiger partial charge on any atom is 0.276 e. The number of ether oxygens (including phenoxy) is 5. The van der Waals surface area contributed by atoms with Crippen molar-refractivity contribution in [2.45, 2.75) is 19.3 Å². The molecule has 1 aromatic heterocycles. The zero-order valence-electron chi connectivity index (χ0n) is 17.1. The zero-order chi connectivity index (χ0) is 21.4. The highest BCUT2D eigenvalue weighted by atomic mass is 16.7. The highest BCUT2D eigenvalue weighted by molar-refractivity contribution is 6.03. The average molecular weight is 423 g/mol. The average Bonchev–Trinajstić information content (AvgIpc) is 3.44. The molecule has 5 rings (SSSR count). The van der Waals surface area contributed by atoms with Gasteiger partial charge in [0.05, 0.1) is 38.8 Å². The van der Waals surface area contributed by atoms with Crippen LogP contribution in [0.3, 0.4) is 0 Å². The van der Waals surface area contributed by atoms with Gasteiger partial charge in [0, 0.05) is 6.07 Å². The maximum absolute atomic E-state index is 12.8. The molecule has 0 aliphatic carbocycles. The molecule has 3 heterocycles. The first-order valence-corrected chi connectivity index (χ1v) is 9.76. The molecule has 0 radical (unpaired) electrons. The van der Waals surface area contributed by atoms with Gasteiger partial charge in [0.15, 0.2) is 17.2 Å². The van der Waals surface area contributed by atoms with Gasteiger partial charge < -0.3 is 29.0 Å². The summed E-state index contributed by atoms with van der Waals surface area (Å²) in [7, 11) is 3.10. The van der Waals surface area contributed by atoms with Crippen LogP contribution in [0.1, 0.15) is 27.8 Å². The predicted molar refractivity (Wildman–Crippen MR) is 110 cm³/mol. The van der Waals surface area contributed by atoms with Gasteiger partial charge in [-0.25, -0.2) is 0 Å². The monoisotopic (exact) mass is 423 g/mol. The van der Waals surface area contributed by atoms with E-state index >= 15 is 0 Å². The summed E-state index contributed by atoms with van der Waals surface area (Å²) in [5, 5.41) is 7.33. The summed E-state index contributed by atoms with van der Waals surface area (Å²) < 4.78 is 29.2. The number of carbonyl (C=O) groups excluding carboxylic acids is 1. The lowest BCUT2D eigenvalue weighted by Crippen LogP contribution is -2.22.